The van der Waals surface area contributed by atoms with Gasteiger partial charge < -0.3 is 20.3 Å². The van der Waals surface area contributed by atoms with Gasteiger partial charge in [-0.3, -0.25) is 4.79 Å². The van der Waals surface area contributed by atoms with E-state index in [2.05, 4.69) is 10.0 Å². The van der Waals surface area contributed by atoms with Gasteiger partial charge in [0.1, 0.15) is 22.1 Å². The van der Waals surface area contributed by atoms with Crippen LogP contribution in [0.4, 0.5) is 5.69 Å². The Kier molecular flexibility index (Phi) is 6.97. The van der Waals surface area contributed by atoms with Crippen LogP contribution in [0, 0.1) is 19.3 Å². The number of carbonyl (C=O) groups is 2. The number of rotatable bonds is 6. The molecule has 31 heavy (non-hydrogen) atoms. The zero-order valence-corrected chi connectivity index (χ0v) is 18.8. The van der Waals surface area contributed by atoms with Gasteiger partial charge in [0.15, 0.2) is 0 Å². The lowest BCUT2D eigenvalue weighted by Gasteiger charge is -2.19. The first-order chi connectivity index (χ1) is 14.2. The third kappa shape index (κ3) is 6.43. The van der Waals surface area contributed by atoms with Crippen LogP contribution >= 0.6 is 0 Å². The Balaban J connectivity index is 2.32. The maximum atomic E-state index is 12.6. The van der Waals surface area contributed by atoms with Crippen LogP contribution in [0.25, 0.3) is 0 Å². The van der Waals surface area contributed by atoms with Crippen molar-refractivity contribution in [3.63, 3.8) is 0 Å². The molecule has 10 heteroatoms. The summed E-state index contributed by atoms with van der Waals surface area (Å²) in [6.45, 7) is 9.16. The maximum Gasteiger partial charge on any atom is 0.394 e. The van der Waals surface area contributed by atoms with Crippen molar-refractivity contribution in [3.8, 4) is 17.2 Å². The quantitative estimate of drug-likeness (QED) is 0.495. The second-order valence-corrected chi connectivity index (χ2v) is 10.0. The molecule has 0 spiro atoms. The summed E-state index contributed by atoms with van der Waals surface area (Å²) in [6, 6.07) is 7.01. The van der Waals surface area contributed by atoms with Crippen molar-refractivity contribution in [3.05, 3.63) is 41.5 Å². The van der Waals surface area contributed by atoms with Crippen molar-refractivity contribution in [1.29, 1.82) is 0 Å². The Morgan fingerprint density at radius 3 is 2.29 bits per heavy atom. The van der Waals surface area contributed by atoms with Crippen molar-refractivity contribution in [2.75, 3.05) is 11.9 Å². The normalized spacial score (nSPS) is 11.8. The van der Waals surface area contributed by atoms with Crippen molar-refractivity contribution < 1.29 is 33.0 Å². The Morgan fingerprint density at radius 1 is 1.06 bits per heavy atom. The van der Waals surface area contributed by atoms with E-state index in [9.17, 15) is 23.1 Å². The third-order valence-electron chi connectivity index (χ3n) is 4.21. The van der Waals surface area contributed by atoms with Gasteiger partial charge in [-0.2, -0.15) is 0 Å². The lowest BCUT2D eigenvalue weighted by Crippen LogP contribution is -2.32. The number of hydrogen-bond acceptors (Lipinski definition) is 6. The molecule has 2 aromatic carbocycles. The SMILES string of the molecule is Cc1cc(Oc2ccc(O)c(S(=O)(=O)NCC(C)(C)C)c2)c(C)cc1NC(=O)C(=O)O. The molecule has 4 N–H and O–H groups in total. The highest BCUT2D eigenvalue weighted by atomic mass is 32.2. The highest BCUT2D eigenvalue weighted by Gasteiger charge is 2.23. The fraction of sp³-hybridized carbons (Fsp3) is 0.333. The second kappa shape index (κ2) is 8.94. The molecule has 168 valence electrons. The smallest absolute Gasteiger partial charge is 0.394 e. The molecule has 9 nitrogen and oxygen atoms in total. The number of aliphatic carboxylic acids is 1. The number of anilines is 1. The molecule has 0 aliphatic heterocycles. The molecule has 2 aromatic rings. The highest BCUT2D eigenvalue weighted by Crippen LogP contribution is 2.33. The summed E-state index contributed by atoms with van der Waals surface area (Å²) in [7, 11) is -3.97. The van der Waals surface area contributed by atoms with E-state index in [1.165, 1.54) is 18.2 Å². The largest absolute Gasteiger partial charge is 0.507 e. The fourth-order valence-corrected chi connectivity index (χ4v) is 3.89. The number of aryl methyl sites for hydroxylation is 2. The van der Waals surface area contributed by atoms with E-state index in [-0.39, 0.29) is 22.6 Å². The number of ether oxygens (including phenoxy) is 1. The molecule has 0 aromatic heterocycles. The number of benzene rings is 2. The van der Waals surface area contributed by atoms with Crippen LogP contribution in [0.5, 0.6) is 17.2 Å². The minimum Gasteiger partial charge on any atom is -0.507 e. The average molecular weight is 451 g/mol. The van der Waals surface area contributed by atoms with Crippen LogP contribution < -0.4 is 14.8 Å². The minimum atomic E-state index is -3.97. The first-order valence-electron chi connectivity index (χ1n) is 9.36. The first-order valence-corrected chi connectivity index (χ1v) is 10.8. The summed E-state index contributed by atoms with van der Waals surface area (Å²) in [5.74, 6) is -2.61. The second-order valence-electron chi connectivity index (χ2n) is 8.31. The number of amides is 1. The Morgan fingerprint density at radius 2 is 1.71 bits per heavy atom. The zero-order valence-electron chi connectivity index (χ0n) is 17.9. The van der Waals surface area contributed by atoms with Crippen LogP contribution in [0.1, 0.15) is 31.9 Å². The number of nitrogens with one attached hydrogen (secondary N) is 2. The molecule has 0 saturated carbocycles. The van der Waals surface area contributed by atoms with Crippen LogP contribution in [-0.4, -0.2) is 37.1 Å². The molecule has 0 heterocycles. The van der Waals surface area contributed by atoms with Crippen LogP contribution in [0.2, 0.25) is 0 Å². The van der Waals surface area contributed by atoms with Crippen molar-refractivity contribution in [1.82, 2.24) is 4.72 Å². The highest BCUT2D eigenvalue weighted by molar-refractivity contribution is 7.89. The van der Waals surface area contributed by atoms with Crippen LogP contribution in [0.3, 0.4) is 0 Å². The fourth-order valence-electron chi connectivity index (χ4n) is 2.50. The first kappa shape index (κ1) is 24.2. The predicted octanol–water partition coefficient (Wildman–Crippen LogP) is 3.15. The van der Waals surface area contributed by atoms with E-state index in [1.807, 2.05) is 20.8 Å². The molecular weight excluding hydrogens is 424 g/mol. The summed E-state index contributed by atoms with van der Waals surface area (Å²) in [4.78, 5) is 21.8. The van der Waals surface area contributed by atoms with Gasteiger partial charge in [-0.25, -0.2) is 17.9 Å². The molecule has 0 radical (unpaired) electrons. The Bertz CT molecular complexity index is 1120. The van der Waals surface area contributed by atoms with Crippen molar-refractivity contribution in [2.45, 2.75) is 39.5 Å². The molecular formula is C21H26N2O7S. The zero-order chi connectivity index (χ0) is 23.6. The third-order valence-corrected chi connectivity index (χ3v) is 5.64. The Labute approximate surface area is 181 Å². The molecule has 0 saturated heterocycles. The Hall–Kier alpha value is -3.11. The average Bonchev–Trinajstić information content (AvgIpc) is 2.65. The molecule has 0 aliphatic carbocycles. The number of phenols is 1. The number of carboxylic acid groups (broad SMARTS) is 1. The number of phenolic OH excluding ortho intramolecular Hbond substituents is 1. The van der Waals surface area contributed by atoms with Crippen LogP contribution in [0.15, 0.2) is 35.2 Å². The number of aromatic hydroxyl groups is 1. The maximum absolute atomic E-state index is 12.6. The van der Waals surface area contributed by atoms with Gasteiger partial charge in [0, 0.05) is 18.3 Å². The molecule has 0 aliphatic rings. The lowest BCUT2D eigenvalue weighted by atomic mass is 9.98. The van der Waals surface area contributed by atoms with Gasteiger partial charge in [-0.05, 0) is 54.7 Å². The number of carbonyl (C=O) groups excluding carboxylic acids is 1. The standard InChI is InChI=1S/C21H26N2O7S/c1-12-9-17(13(2)8-15(12)23-19(25)20(26)27)30-14-6-7-16(24)18(10-14)31(28,29)22-11-21(3,4)5/h6-10,22,24H,11H2,1-5H3,(H,23,25)(H,26,27). The van der Waals surface area contributed by atoms with E-state index in [4.69, 9.17) is 9.84 Å². The van der Waals surface area contributed by atoms with Gasteiger partial charge >= 0.3 is 11.9 Å². The summed E-state index contributed by atoms with van der Waals surface area (Å²) < 4.78 is 33.5. The van der Waals surface area contributed by atoms with Crippen molar-refractivity contribution in [2.24, 2.45) is 5.41 Å². The summed E-state index contributed by atoms with van der Waals surface area (Å²) >= 11 is 0. The molecule has 0 atom stereocenters. The topological polar surface area (TPSA) is 142 Å². The van der Waals surface area contributed by atoms with Gasteiger partial charge in [-0.1, -0.05) is 20.8 Å². The summed E-state index contributed by atoms with van der Waals surface area (Å²) in [5, 5.41) is 21.1. The van der Waals surface area contributed by atoms with E-state index >= 15 is 0 Å². The molecule has 0 bridgehead atoms. The molecule has 0 unspecified atom stereocenters. The number of sulfonamides is 1. The van der Waals surface area contributed by atoms with Gasteiger partial charge in [0.2, 0.25) is 10.0 Å². The lowest BCUT2D eigenvalue weighted by molar-refractivity contribution is -0.147. The van der Waals surface area contributed by atoms with E-state index in [1.54, 1.807) is 26.0 Å². The van der Waals surface area contributed by atoms with E-state index in [0.717, 1.165) is 0 Å². The monoisotopic (exact) mass is 450 g/mol. The van der Waals surface area contributed by atoms with Crippen LogP contribution in [-0.2, 0) is 19.6 Å². The number of carboxylic acids is 1. The van der Waals surface area contributed by atoms with Crippen molar-refractivity contribution >= 4 is 27.6 Å². The van der Waals surface area contributed by atoms with E-state index < -0.39 is 27.6 Å². The number of hydrogen-bond donors (Lipinski definition) is 4. The molecule has 2 rings (SSSR count). The van der Waals surface area contributed by atoms with Gasteiger partial charge in [0.05, 0.1) is 0 Å². The predicted molar refractivity (Wildman–Crippen MR) is 115 cm³/mol. The summed E-state index contributed by atoms with van der Waals surface area (Å²) in [5.41, 5.74) is 1.16. The minimum absolute atomic E-state index is 0.179. The van der Waals surface area contributed by atoms with Gasteiger partial charge in [-0.15, -0.1) is 0 Å². The van der Waals surface area contributed by atoms with Gasteiger partial charge in [0.25, 0.3) is 0 Å². The summed E-state index contributed by atoms with van der Waals surface area (Å²) in [6.07, 6.45) is 0. The molecule has 1 amide bonds. The van der Waals surface area contributed by atoms with E-state index in [0.29, 0.717) is 22.6 Å². The molecule has 0 fully saturated rings.